The molecule has 2 aromatic rings. The summed E-state index contributed by atoms with van der Waals surface area (Å²) in [5.41, 5.74) is 11.0. The molecule has 0 aliphatic carbocycles. The number of aromatic nitrogens is 1. The zero-order chi connectivity index (χ0) is 16.0. The van der Waals surface area contributed by atoms with E-state index in [0.717, 1.165) is 33.5 Å². The first-order valence-corrected chi connectivity index (χ1v) is 7.29. The quantitative estimate of drug-likeness (QED) is 0.877. The van der Waals surface area contributed by atoms with E-state index in [1.807, 2.05) is 24.6 Å². The van der Waals surface area contributed by atoms with Gasteiger partial charge in [-0.3, -0.25) is 14.6 Å². The molecule has 2 aliphatic heterocycles. The maximum absolute atomic E-state index is 11.6. The van der Waals surface area contributed by atoms with Gasteiger partial charge in [-0.1, -0.05) is 6.07 Å². The van der Waals surface area contributed by atoms with Crippen molar-refractivity contribution in [1.29, 1.82) is 0 Å². The van der Waals surface area contributed by atoms with Crippen LogP contribution in [0.1, 0.15) is 27.2 Å². The number of hydrogen-bond donors (Lipinski definition) is 2. The van der Waals surface area contributed by atoms with Crippen molar-refractivity contribution in [3.05, 3.63) is 53.2 Å². The van der Waals surface area contributed by atoms with Crippen LogP contribution in [0.25, 0.3) is 11.1 Å². The Hall–Kier alpha value is -2.73. The summed E-state index contributed by atoms with van der Waals surface area (Å²) in [6, 6.07) is 5.79. The van der Waals surface area contributed by atoms with Gasteiger partial charge in [-0.15, -0.1) is 0 Å². The number of nitrogens with zero attached hydrogens (tertiary/aromatic N) is 1. The van der Waals surface area contributed by atoms with Crippen LogP contribution in [0.2, 0.25) is 0 Å². The van der Waals surface area contributed by atoms with E-state index in [4.69, 9.17) is 10.5 Å². The van der Waals surface area contributed by atoms with Gasteiger partial charge in [0.05, 0.1) is 19.6 Å². The number of carbonyl (C=O) groups is 2. The van der Waals surface area contributed by atoms with E-state index < -0.39 is 5.91 Å². The first kappa shape index (κ1) is 13.9. The molecule has 1 aromatic heterocycles. The van der Waals surface area contributed by atoms with Crippen LogP contribution in [-0.4, -0.2) is 23.4 Å². The number of amides is 2. The topological polar surface area (TPSA) is 94.3 Å². The second-order valence-electron chi connectivity index (χ2n) is 5.59. The zero-order valence-corrected chi connectivity index (χ0v) is 12.3. The molecule has 3 N–H and O–H groups in total. The zero-order valence-electron chi connectivity index (χ0n) is 12.3. The normalized spacial score (nSPS) is 15.7. The van der Waals surface area contributed by atoms with Gasteiger partial charge in [-0.2, -0.15) is 0 Å². The van der Waals surface area contributed by atoms with Gasteiger partial charge in [0.1, 0.15) is 5.69 Å². The fraction of sp³-hybridized carbons (Fsp3) is 0.176. The number of pyridine rings is 1. The second-order valence-corrected chi connectivity index (χ2v) is 5.59. The van der Waals surface area contributed by atoms with Crippen molar-refractivity contribution >= 4 is 17.5 Å². The minimum atomic E-state index is -0.547. The van der Waals surface area contributed by atoms with Crippen LogP contribution in [0.3, 0.4) is 0 Å². The molecule has 3 heterocycles. The summed E-state index contributed by atoms with van der Waals surface area (Å²) in [7, 11) is 0. The van der Waals surface area contributed by atoms with Crippen molar-refractivity contribution < 1.29 is 14.3 Å². The number of anilines is 1. The lowest BCUT2D eigenvalue weighted by atomic mass is 9.92. The first-order valence-electron chi connectivity index (χ1n) is 7.29. The summed E-state index contributed by atoms with van der Waals surface area (Å²) < 4.78 is 5.50. The van der Waals surface area contributed by atoms with E-state index in [1.54, 1.807) is 6.20 Å². The lowest BCUT2D eigenvalue weighted by molar-refractivity contribution is -0.115. The highest BCUT2D eigenvalue weighted by Gasteiger charge is 2.23. The number of hydrogen-bond acceptors (Lipinski definition) is 4. The Kier molecular flexibility index (Phi) is 3.12. The SMILES string of the molecule is NC(=O)c1ncc(-c2ccc3c(c2)CC(=O)N3)c2c1[CH]COC2. The molecule has 0 atom stereocenters. The molecule has 0 saturated carbocycles. The van der Waals surface area contributed by atoms with Gasteiger partial charge in [0, 0.05) is 23.9 Å². The Morgan fingerprint density at radius 2 is 2.22 bits per heavy atom. The van der Waals surface area contributed by atoms with Gasteiger partial charge >= 0.3 is 0 Å². The fourth-order valence-corrected chi connectivity index (χ4v) is 3.09. The van der Waals surface area contributed by atoms with Crippen molar-refractivity contribution in [2.45, 2.75) is 13.0 Å². The Bertz CT molecular complexity index is 845. The molecule has 6 heteroatoms. The molecule has 1 radical (unpaired) electrons. The first-order chi connectivity index (χ1) is 11.1. The van der Waals surface area contributed by atoms with Gasteiger partial charge in [-0.05, 0) is 34.4 Å². The number of nitrogens with two attached hydrogens (primary N) is 1. The molecular formula is C17H14N3O3. The van der Waals surface area contributed by atoms with E-state index in [9.17, 15) is 9.59 Å². The molecule has 6 nitrogen and oxygen atoms in total. The Balaban J connectivity index is 1.85. The standard InChI is InChI=1S/C17H14N3O3/c18-17(22)16-11-3-4-23-8-13(11)12(7-19-16)9-1-2-14-10(5-9)6-15(21)20-14/h1-3,5,7H,4,6,8H2,(H2,18,22)(H,20,21). The number of carbonyl (C=O) groups excluding carboxylic acids is 2. The third kappa shape index (κ3) is 2.27. The number of nitrogens with one attached hydrogen (secondary N) is 1. The van der Waals surface area contributed by atoms with Crippen LogP contribution in [0.5, 0.6) is 0 Å². The number of primary amides is 1. The van der Waals surface area contributed by atoms with Crippen LogP contribution >= 0.6 is 0 Å². The maximum Gasteiger partial charge on any atom is 0.267 e. The van der Waals surface area contributed by atoms with E-state index in [-0.39, 0.29) is 11.6 Å². The average Bonchev–Trinajstić information content (AvgIpc) is 2.92. The molecule has 0 saturated heterocycles. The Morgan fingerprint density at radius 3 is 3.04 bits per heavy atom. The molecule has 115 valence electrons. The highest BCUT2D eigenvalue weighted by molar-refractivity contribution is 6.00. The molecule has 4 rings (SSSR count). The fourth-order valence-electron chi connectivity index (χ4n) is 3.09. The van der Waals surface area contributed by atoms with Crippen molar-refractivity contribution in [1.82, 2.24) is 4.98 Å². The third-order valence-electron chi connectivity index (χ3n) is 4.15. The average molecular weight is 308 g/mol. The highest BCUT2D eigenvalue weighted by Crippen LogP contribution is 2.34. The van der Waals surface area contributed by atoms with Crippen LogP contribution < -0.4 is 11.1 Å². The van der Waals surface area contributed by atoms with Crippen LogP contribution in [0, 0.1) is 6.42 Å². The van der Waals surface area contributed by atoms with Crippen LogP contribution in [0.4, 0.5) is 5.69 Å². The lowest BCUT2D eigenvalue weighted by Gasteiger charge is -2.21. The molecule has 1 aromatic carbocycles. The number of ether oxygens (including phenoxy) is 1. The van der Waals surface area contributed by atoms with Gasteiger partial charge < -0.3 is 15.8 Å². The lowest BCUT2D eigenvalue weighted by Crippen LogP contribution is -2.21. The molecule has 2 amide bonds. The monoisotopic (exact) mass is 308 g/mol. The summed E-state index contributed by atoms with van der Waals surface area (Å²) in [5.74, 6) is -0.548. The summed E-state index contributed by atoms with van der Waals surface area (Å²) in [4.78, 5) is 27.3. The highest BCUT2D eigenvalue weighted by atomic mass is 16.5. The minimum absolute atomic E-state index is 0.00181. The van der Waals surface area contributed by atoms with Gasteiger partial charge in [0.25, 0.3) is 5.91 Å². The predicted octanol–water partition coefficient (Wildman–Crippen LogP) is 1.42. The molecule has 0 spiro atoms. The van der Waals surface area contributed by atoms with E-state index in [2.05, 4.69) is 10.3 Å². The van der Waals surface area contributed by atoms with Crippen LogP contribution in [-0.2, 0) is 22.6 Å². The van der Waals surface area contributed by atoms with Crippen molar-refractivity contribution in [2.24, 2.45) is 5.73 Å². The smallest absolute Gasteiger partial charge is 0.267 e. The van der Waals surface area contributed by atoms with E-state index >= 15 is 0 Å². The molecule has 0 unspecified atom stereocenters. The van der Waals surface area contributed by atoms with Gasteiger partial charge in [-0.25, -0.2) is 0 Å². The third-order valence-corrected chi connectivity index (χ3v) is 4.15. The molecule has 0 fully saturated rings. The Labute approximate surface area is 132 Å². The molecule has 2 aliphatic rings. The number of rotatable bonds is 2. The summed E-state index contributed by atoms with van der Waals surface area (Å²) in [6.07, 6.45) is 3.85. The van der Waals surface area contributed by atoms with Crippen molar-refractivity contribution in [3.63, 3.8) is 0 Å². The van der Waals surface area contributed by atoms with Gasteiger partial charge in [0.15, 0.2) is 0 Å². The second kappa shape index (κ2) is 5.17. The number of benzene rings is 1. The van der Waals surface area contributed by atoms with Crippen molar-refractivity contribution in [2.75, 3.05) is 11.9 Å². The summed E-state index contributed by atoms with van der Waals surface area (Å²) >= 11 is 0. The maximum atomic E-state index is 11.6. The largest absolute Gasteiger partial charge is 0.376 e. The van der Waals surface area contributed by atoms with E-state index in [1.165, 1.54) is 0 Å². The van der Waals surface area contributed by atoms with Crippen molar-refractivity contribution in [3.8, 4) is 11.1 Å². The Morgan fingerprint density at radius 1 is 1.35 bits per heavy atom. The number of fused-ring (bicyclic) bond motifs is 2. The van der Waals surface area contributed by atoms with Gasteiger partial charge in [0.2, 0.25) is 5.91 Å². The van der Waals surface area contributed by atoms with Crippen LogP contribution in [0.15, 0.2) is 24.4 Å². The van der Waals surface area contributed by atoms with E-state index in [0.29, 0.717) is 19.6 Å². The molecular weight excluding hydrogens is 294 g/mol. The minimum Gasteiger partial charge on any atom is -0.376 e. The molecule has 23 heavy (non-hydrogen) atoms. The molecule has 0 bridgehead atoms. The predicted molar refractivity (Wildman–Crippen MR) is 83.6 cm³/mol. The summed E-state index contributed by atoms with van der Waals surface area (Å²) in [6.45, 7) is 0.833. The summed E-state index contributed by atoms with van der Waals surface area (Å²) in [5, 5.41) is 2.82.